The summed E-state index contributed by atoms with van der Waals surface area (Å²) in [5, 5.41) is 12.0. The van der Waals surface area contributed by atoms with Gasteiger partial charge in [0.15, 0.2) is 17.3 Å². The smallest absolute Gasteiger partial charge is 0.216 e. The summed E-state index contributed by atoms with van der Waals surface area (Å²) < 4.78 is 13.0. The average molecular weight is 403 g/mol. The molecule has 27 heavy (non-hydrogen) atoms. The first kappa shape index (κ1) is 19.1. The van der Waals surface area contributed by atoms with Crippen LogP contribution < -0.4 is 9.47 Å². The van der Waals surface area contributed by atoms with Crippen LogP contribution >= 0.6 is 23.8 Å². The Morgan fingerprint density at radius 1 is 1.26 bits per heavy atom. The fourth-order valence-electron chi connectivity index (χ4n) is 2.44. The molecule has 0 radical (unpaired) electrons. The van der Waals surface area contributed by atoms with Gasteiger partial charge in [-0.1, -0.05) is 30.7 Å². The van der Waals surface area contributed by atoms with Gasteiger partial charge in [-0.25, -0.2) is 5.10 Å². The lowest BCUT2D eigenvalue weighted by Gasteiger charge is -2.10. The van der Waals surface area contributed by atoms with Crippen molar-refractivity contribution in [2.24, 2.45) is 5.10 Å². The monoisotopic (exact) mass is 402 g/mol. The van der Waals surface area contributed by atoms with Crippen molar-refractivity contribution in [2.75, 3.05) is 13.7 Å². The van der Waals surface area contributed by atoms with E-state index in [0.29, 0.717) is 33.7 Å². The highest BCUT2D eigenvalue weighted by molar-refractivity contribution is 7.71. The summed E-state index contributed by atoms with van der Waals surface area (Å²) in [6, 6.07) is 13.0. The van der Waals surface area contributed by atoms with Gasteiger partial charge in [0.1, 0.15) is 0 Å². The maximum absolute atomic E-state index is 6.28. The lowest BCUT2D eigenvalue weighted by Crippen LogP contribution is -1.99. The van der Waals surface area contributed by atoms with Gasteiger partial charge < -0.3 is 9.47 Å². The van der Waals surface area contributed by atoms with Gasteiger partial charge in [-0.3, -0.25) is 0 Å². The molecule has 0 unspecified atom stereocenters. The van der Waals surface area contributed by atoms with Crippen LogP contribution in [0.2, 0.25) is 5.02 Å². The number of aromatic nitrogens is 3. The molecule has 0 amide bonds. The SMILES string of the molecule is CCCOc1cc(/C=N\n2c(-c3ccccc3Cl)n[nH]c2=S)ccc1OC. The summed E-state index contributed by atoms with van der Waals surface area (Å²) >= 11 is 11.6. The van der Waals surface area contributed by atoms with Crippen LogP contribution in [-0.2, 0) is 0 Å². The minimum Gasteiger partial charge on any atom is -0.493 e. The van der Waals surface area contributed by atoms with E-state index in [2.05, 4.69) is 22.2 Å². The third-order valence-corrected chi connectivity index (χ3v) is 4.33. The number of hydrogen-bond acceptors (Lipinski definition) is 5. The second-order valence-electron chi connectivity index (χ2n) is 5.65. The zero-order chi connectivity index (χ0) is 19.2. The zero-order valence-corrected chi connectivity index (χ0v) is 16.5. The van der Waals surface area contributed by atoms with Gasteiger partial charge in [0.05, 0.1) is 25.0 Å². The number of benzene rings is 2. The van der Waals surface area contributed by atoms with Crippen LogP contribution in [0.1, 0.15) is 18.9 Å². The topological polar surface area (TPSA) is 64.4 Å². The molecular formula is C19H19ClN4O2S. The van der Waals surface area contributed by atoms with E-state index in [1.165, 1.54) is 4.68 Å². The molecular weight excluding hydrogens is 384 g/mol. The fourth-order valence-corrected chi connectivity index (χ4v) is 2.84. The Kier molecular flexibility index (Phi) is 6.26. The van der Waals surface area contributed by atoms with E-state index in [-0.39, 0.29) is 0 Å². The number of rotatable bonds is 7. The molecule has 0 aliphatic rings. The molecule has 6 nitrogen and oxygen atoms in total. The number of halogens is 1. The molecule has 1 heterocycles. The first-order valence-electron chi connectivity index (χ1n) is 8.41. The number of H-pyrrole nitrogens is 1. The Hall–Kier alpha value is -2.64. The van der Waals surface area contributed by atoms with E-state index >= 15 is 0 Å². The van der Waals surface area contributed by atoms with Gasteiger partial charge >= 0.3 is 0 Å². The molecule has 0 saturated heterocycles. The Morgan fingerprint density at radius 3 is 2.81 bits per heavy atom. The summed E-state index contributed by atoms with van der Waals surface area (Å²) in [4.78, 5) is 0. The highest BCUT2D eigenvalue weighted by Gasteiger charge is 2.11. The minimum absolute atomic E-state index is 0.372. The number of ether oxygens (including phenoxy) is 2. The molecule has 140 valence electrons. The Labute approximate surface area is 167 Å². The average Bonchev–Trinajstić information content (AvgIpc) is 3.05. The molecule has 0 aliphatic heterocycles. The van der Waals surface area contributed by atoms with Gasteiger partial charge in [-0.2, -0.15) is 14.9 Å². The van der Waals surface area contributed by atoms with Crippen molar-refractivity contribution in [3.05, 3.63) is 57.8 Å². The van der Waals surface area contributed by atoms with Gasteiger partial charge in [0.25, 0.3) is 0 Å². The van der Waals surface area contributed by atoms with Gasteiger partial charge in [0.2, 0.25) is 4.77 Å². The lowest BCUT2D eigenvalue weighted by molar-refractivity contribution is 0.294. The van der Waals surface area contributed by atoms with Gasteiger partial charge in [-0.15, -0.1) is 0 Å². The third kappa shape index (κ3) is 4.37. The van der Waals surface area contributed by atoms with Crippen molar-refractivity contribution >= 4 is 30.0 Å². The molecule has 3 aromatic rings. The first-order valence-corrected chi connectivity index (χ1v) is 9.20. The molecule has 8 heteroatoms. The summed E-state index contributed by atoms with van der Waals surface area (Å²) in [5.41, 5.74) is 1.58. The Morgan fingerprint density at radius 2 is 2.07 bits per heavy atom. The molecule has 0 spiro atoms. The first-order chi connectivity index (χ1) is 13.1. The number of methoxy groups -OCH3 is 1. The van der Waals surface area contributed by atoms with Crippen molar-refractivity contribution in [1.29, 1.82) is 0 Å². The molecule has 0 atom stereocenters. The maximum atomic E-state index is 6.28. The molecule has 0 bridgehead atoms. The van der Waals surface area contributed by atoms with Crippen LogP contribution in [-0.4, -0.2) is 34.8 Å². The number of hydrogen-bond donors (Lipinski definition) is 1. The second kappa shape index (κ2) is 8.83. The summed E-state index contributed by atoms with van der Waals surface area (Å²) in [5.74, 6) is 1.89. The summed E-state index contributed by atoms with van der Waals surface area (Å²) in [7, 11) is 1.61. The van der Waals surface area contributed by atoms with Crippen LogP contribution in [0, 0.1) is 4.77 Å². The summed E-state index contributed by atoms with van der Waals surface area (Å²) in [6.07, 6.45) is 2.59. The Bertz CT molecular complexity index is 1010. The molecule has 2 aromatic carbocycles. The van der Waals surface area contributed by atoms with Crippen LogP contribution in [0.4, 0.5) is 0 Å². The zero-order valence-electron chi connectivity index (χ0n) is 15.0. The normalized spacial score (nSPS) is 11.1. The van der Waals surface area contributed by atoms with E-state index in [1.54, 1.807) is 19.4 Å². The lowest BCUT2D eigenvalue weighted by atomic mass is 10.2. The quantitative estimate of drug-likeness (QED) is 0.449. The fraction of sp³-hybridized carbons (Fsp3) is 0.211. The number of nitrogens with zero attached hydrogens (tertiary/aromatic N) is 3. The molecule has 1 aromatic heterocycles. The van der Waals surface area contributed by atoms with E-state index < -0.39 is 0 Å². The molecule has 0 fully saturated rings. The van der Waals surface area contributed by atoms with Crippen LogP contribution in [0.25, 0.3) is 11.4 Å². The van der Waals surface area contributed by atoms with Crippen LogP contribution in [0.15, 0.2) is 47.6 Å². The standard InChI is InChI=1S/C19H19ClN4O2S/c1-3-10-26-17-11-13(8-9-16(17)25-2)12-21-24-18(22-23-19(24)27)14-6-4-5-7-15(14)20/h4-9,11-12H,3,10H2,1-2H3,(H,23,27)/b21-12-. The Balaban J connectivity index is 1.94. The number of nitrogens with one attached hydrogen (secondary N) is 1. The van der Waals surface area contributed by atoms with Crippen molar-refractivity contribution < 1.29 is 9.47 Å². The highest BCUT2D eigenvalue weighted by Crippen LogP contribution is 2.28. The minimum atomic E-state index is 0.372. The predicted molar refractivity (Wildman–Crippen MR) is 110 cm³/mol. The van der Waals surface area contributed by atoms with E-state index in [4.69, 9.17) is 33.3 Å². The number of aromatic amines is 1. The second-order valence-corrected chi connectivity index (χ2v) is 6.44. The van der Waals surface area contributed by atoms with Crippen LogP contribution in [0.3, 0.4) is 0 Å². The van der Waals surface area contributed by atoms with E-state index in [9.17, 15) is 0 Å². The predicted octanol–water partition coefficient (Wildman–Crippen LogP) is 4.94. The van der Waals surface area contributed by atoms with Crippen molar-refractivity contribution in [1.82, 2.24) is 14.9 Å². The van der Waals surface area contributed by atoms with E-state index in [0.717, 1.165) is 17.5 Å². The molecule has 0 aliphatic carbocycles. The molecule has 3 rings (SSSR count). The van der Waals surface area contributed by atoms with E-state index in [1.807, 2.05) is 36.4 Å². The van der Waals surface area contributed by atoms with Crippen molar-refractivity contribution in [2.45, 2.75) is 13.3 Å². The third-order valence-electron chi connectivity index (χ3n) is 3.74. The maximum Gasteiger partial charge on any atom is 0.216 e. The van der Waals surface area contributed by atoms with Crippen molar-refractivity contribution in [3.8, 4) is 22.9 Å². The summed E-state index contributed by atoms with van der Waals surface area (Å²) in [6.45, 7) is 2.66. The highest BCUT2D eigenvalue weighted by atomic mass is 35.5. The molecule has 0 saturated carbocycles. The van der Waals surface area contributed by atoms with Crippen molar-refractivity contribution in [3.63, 3.8) is 0 Å². The largest absolute Gasteiger partial charge is 0.493 e. The van der Waals surface area contributed by atoms with Gasteiger partial charge in [-0.05, 0) is 54.5 Å². The van der Waals surface area contributed by atoms with Crippen LogP contribution in [0.5, 0.6) is 11.5 Å². The molecule has 1 N–H and O–H groups in total. The van der Waals surface area contributed by atoms with Gasteiger partial charge in [0, 0.05) is 5.56 Å².